The summed E-state index contributed by atoms with van der Waals surface area (Å²) in [5, 5.41) is 9.23. The van der Waals surface area contributed by atoms with Crippen LogP contribution < -0.4 is 4.74 Å². The predicted octanol–water partition coefficient (Wildman–Crippen LogP) is 3.61. The second-order valence-corrected chi connectivity index (χ2v) is 5.11. The van der Waals surface area contributed by atoms with Crippen molar-refractivity contribution in [3.8, 4) is 16.2 Å². The molecule has 0 saturated heterocycles. The second-order valence-electron chi connectivity index (χ2n) is 3.82. The minimum absolute atomic E-state index is 0.0130. The molecule has 0 amide bonds. The molecule has 2 nitrogen and oxygen atoms in total. The molecule has 1 aromatic carbocycles. The highest BCUT2D eigenvalue weighted by molar-refractivity contribution is 7.15. The Hall–Kier alpha value is -1.32. The summed E-state index contributed by atoms with van der Waals surface area (Å²) in [6.07, 6.45) is 0. The summed E-state index contributed by atoms with van der Waals surface area (Å²) >= 11 is 1.76. The van der Waals surface area contributed by atoms with Crippen LogP contribution in [0.15, 0.2) is 30.3 Å². The molecule has 0 saturated carbocycles. The van der Waals surface area contributed by atoms with Gasteiger partial charge < -0.3 is 9.84 Å². The normalized spacial score (nSPS) is 10.5. The lowest BCUT2D eigenvalue weighted by molar-refractivity contribution is 0.267. The zero-order valence-corrected chi connectivity index (χ0v) is 10.9. The van der Waals surface area contributed by atoms with Crippen molar-refractivity contribution in [3.05, 3.63) is 40.8 Å². The summed E-state index contributed by atoms with van der Waals surface area (Å²) in [5.41, 5.74) is 1.98. The van der Waals surface area contributed by atoms with Gasteiger partial charge in [0.15, 0.2) is 0 Å². The predicted molar refractivity (Wildman–Crippen MR) is 71.6 cm³/mol. The minimum atomic E-state index is 0.0130. The summed E-state index contributed by atoms with van der Waals surface area (Å²) in [6.45, 7) is 4.67. The molecule has 0 radical (unpaired) electrons. The van der Waals surface area contributed by atoms with E-state index in [4.69, 9.17) is 4.74 Å². The summed E-state index contributed by atoms with van der Waals surface area (Å²) in [7, 11) is 0. The van der Waals surface area contributed by atoms with Gasteiger partial charge in [-0.25, -0.2) is 0 Å². The lowest BCUT2D eigenvalue weighted by Gasteiger charge is -2.09. The van der Waals surface area contributed by atoms with Crippen molar-refractivity contribution in [2.24, 2.45) is 0 Å². The van der Waals surface area contributed by atoms with E-state index in [1.165, 1.54) is 9.75 Å². The van der Waals surface area contributed by atoms with Gasteiger partial charge in [0.05, 0.1) is 13.2 Å². The van der Waals surface area contributed by atoms with Crippen molar-refractivity contribution in [3.63, 3.8) is 0 Å². The maximum atomic E-state index is 9.23. The Morgan fingerprint density at radius 1 is 1.24 bits per heavy atom. The molecule has 17 heavy (non-hydrogen) atoms. The van der Waals surface area contributed by atoms with Crippen molar-refractivity contribution in [2.75, 3.05) is 6.61 Å². The molecular formula is C14H16O2S. The Balaban J connectivity index is 2.39. The van der Waals surface area contributed by atoms with Gasteiger partial charge in [0.25, 0.3) is 0 Å². The average molecular weight is 248 g/mol. The van der Waals surface area contributed by atoms with E-state index in [2.05, 4.69) is 19.1 Å². The van der Waals surface area contributed by atoms with Gasteiger partial charge in [-0.15, -0.1) is 11.3 Å². The summed E-state index contributed by atoms with van der Waals surface area (Å²) in [6, 6.07) is 10.2. The number of hydrogen-bond donors (Lipinski definition) is 1. The van der Waals surface area contributed by atoms with Crippen LogP contribution in [0.3, 0.4) is 0 Å². The van der Waals surface area contributed by atoms with Crippen molar-refractivity contribution in [2.45, 2.75) is 20.5 Å². The van der Waals surface area contributed by atoms with Gasteiger partial charge in [-0.1, -0.05) is 12.1 Å². The van der Waals surface area contributed by atoms with Crippen molar-refractivity contribution in [1.82, 2.24) is 0 Å². The van der Waals surface area contributed by atoms with Gasteiger partial charge >= 0.3 is 0 Å². The van der Waals surface area contributed by atoms with Crippen LogP contribution >= 0.6 is 11.3 Å². The maximum Gasteiger partial charge on any atom is 0.125 e. The molecule has 3 heteroatoms. The molecule has 1 N–H and O–H groups in total. The molecular weight excluding hydrogens is 232 g/mol. The van der Waals surface area contributed by atoms with E-state index < -0.39 is 0 Å². The smallest absolute Gasteiger partial charge is 0.125 e. The monoisotopic (exact) mass is 248 g/mol. The molecule has 90 valence electrons. The SMILES string of the molecule is CCOc1cc(-c2ccc(C)s2)ccc1CO. The maximum absolute atomic E-state index is 9.23. The molecule has 2 aromatic rings. The second kappa shape index (κ2) is 5.34. The zero-order chi connectivity index (χ0) is 12.3. The van der Waals surface area contributed by atoms with E-state index in [0.29, 0.717) is 6.61 Å². The molecule has 0 aliphatic carbocycles. The van der Waals surface area contributed by atoms with Gasteiger partial charge in [-0.05, 0) is 37.6 Å². The summed E-state index contributed by atoms with van der Waals surface area (Å²) < 4.78 is 5.54. The fraction of sp³-hybridized carbons (Fsp3) is 0.286. The van der Waals surface area contributed by atoms with E-state index in [9.17, 15) is 5.11 Å². The highest BCUT2D eigenvalue weighted by Gasteiger charge is 2.07. The Morgan fingerprint density at radius 2 is 2.06 bits per heavy atom. The molecule has 2 rings (SSSR count). The van der Waals surface area contributed by atoms with Gasteiger partial charge in [-0.2, -0.15) is 0 Å². The van der Waals surface area contributed by atoms with Gasteiger partial charge in [0, 0.05) is 15.3 Å². The third-order valence-electron chi connectivity index (χ3n) is 2.56. The Morgan fingerprint density at radius 3 is 2.65 bits per heavy atom. The summed E-state index contributed by atoms with van der Waals surface area (Å²) in [4.78, 5) is 2.53. The van der Waals surface area contributed by atoms with Gasteiger partial charge in [0.1, 0.15) is 5.75 Å². The number of aliphatic hydroxyl groups excluding tert-OH is 1. The van der Waals surface area contributed by atoms with E-state index >= 15 is 0 Å². The third-order valence-corrected chi connectivity index (χ3v) is 3.61. The van der Waals surface area contributed by atoms with E-state index in [0.717, 1.165) is 16.9 Å². The van der Waals surface area contributed by atoms with Crippen LogP contribution in [-0.2, 0) is 6.61 Å². The van der Waals surface area contributed by atoms with Crippen LogP contribution in [0, 0.1) is 6.92 Å². The Labute approximate surface area is 105 Å². The Kier molecular flexibility index (Phi) is 3.82. The van der Waals surface area contributed by atoms with Crippen molar-refractivity contribution in [1.29, 1.82) is 0 Å². The largest absolute Gasteiger partial charge is 0.493 e. The van der Waals surface area contributed by atoms with Crippen LogP contribution in [0.4, 0.5) is 0 Å². The van der Waals surface area contributed by atoms with Crippen molar-refractivity contribution < 1.29 is 9.84 Å². The number of benzene rings is 1. The van der Waals surface area contributed by atoms with Crippen molar-refractivity contribution >= 4 is 11.3 Å². The first-order valence-corrected chi connectivity index (χ1v) is 6.49. The molecule has 0 aliphatic heterocycles. The van der Waals surface area contributed by atoms with E-state index in [-0.39, 0.29) is 6.61 Å². The van der Waals surface area contributed by atoms with Gasteiger partial charge in [-0.3, -0.25) is 0 Å². The highest BCUT2D eigenvalue weighted by Crippen LogP contribution is 2.32. The number of thiophene rings is 1. The standard InChI is InChI=1S/C14H16O2S/c1-3-16-13-8-11(5-6-12(13)9-15)14-7-4-10(2)17-14/h4-8,15H,3,9H2,1-2H3. The molecule has 0 spiro atoms. The van der Waals surface area contributed by atoms with Crippen LogP contribution in [0.5, 0.6) is 5.75 Å². The molecule has 1 aromatic heterocycles. The molecule has 0 unspecified atom stereocenters. The number of ether oxygens (including phenoxy) is 1. The first kappa shape index (κ1) is 12.1. The molecule has 0 aliphatic rings. The molecule has 1 heterocycles. The fourth-order valence-corrected chi connectivity index (χ4v) is 2.58. The molecule has 0 bridgehead atoms. The number of rotatable bonds is 4. The minimum Gasteiger partial charge on any atom is -0.493 e. The quantitative estimate of drug-likeness (QED) is 0.895. The van der Waals surface area contributed by atoms with Crippen LogP contribution in [0.1, 0.15) is 17.4 Å². The Bertz CT molecular complexity index is 503. The number of hydrogen-bond acceptors (Lipinski definition) is 3. The third kappa shape index (κ3) is 2.68. The number of aryl methyl sites for hydroxylation is 1. The van der Waals surface area contributed by atoms with Gasteiger partial charge in [0.2, 0.25) is 0 Å². The lowest BCUT2D eigenvalue weighted by atomic mass is 10.1. The molecule has 0 fully saturated rings. The number of aliphatic hydroxyl groups is 1. The lowest BCUT2D eigenvalue weighted by Crippen LogP contribution is -1.96. The van der Waals surface area contributed by atoms with E-state index in [1.54, 1.807) is 11.3 Å². The average Bonchev–Trinajstić information content (AvgIpc) is 2.76. The molecule has 0 atom stereocenters. The first-order chi connectivity index (χ1) is 8.24. The van der Waals surface area contributed by atoms with Crippen LogP contribution in [0.2, 0.25) is 0 Å². The fourth-order valence-electron chi connectivity index (χ4n) is 1.72. The zero-order valence-electron chi connectivity index (χ0n) is 10.1. The van der Waals surface area contributed by atoms with Crippen LogP contribution in [-0.4, -0.2) is 11.7 Å². The highest BCUT2D eigenvalue weighted by atomic mass is 32.1. The van der Waals surface area contributed by atoms with Crippen LogP contribution in [0.25, 0.3) is 10.4 Å². The van der Waals surface area contributed by atoms with E-state index in [1.807, 2.05) is 25.1 Å². The first-order valence-electron chi connectivity index (χ1n) is 5.68. The topological polar surface area (TPSA) is 29.5 Å². The summed E-state index contributed by atoms with van der Waals surface area (Å²) in [5.74, 6) is 0.776.